The summed E-state index contributed by atoms with van der Waals surface area (Å²) < 4.78 is 1.26. The predicted octanol–water partition coefficient (Wildman–Crippen LogP) is 2.65. The van der Waals surface area contributed by atoms with Gasteiger partial charge in [-0.15, -0.1) is 17.7 Å². The number of nitrogens with one attached hydrogen (secondary N) is 1. The number of anilines is 1. The van der Waals surface area contributed by atoms with E-state index >= 15 is 0 Å². The Morgan fingerprint density at radius 3 is 2.73 bits per heavy atom. The van der Waals surface area contributed by atoms with Crippen LogP contribution in [0.5, 0.6) is 0 Å². The number of thiol groups is 1. The van der Waals surface area contributed by atoms with E-state index in [1.165, 1.54) is 4.52 Å². The van der Waals surface area contributed by atoms with Crippen molar-refractivity contribution >= 4 is 29.7 Å². The molecule has 0 spiro atoms. The van der Waals surface area contributed by atoms with E-state index in [2.05, 4.69) is 34.2 Å². The number of nitrogen functional groups attached to an aromatic ring is 1. The molecule has 0 amide bonds. The van der Waals surface area contributed by atoms with Crippen LogP contribution in [0.25, 0.3) is 11.2 Å². The van der Waals surface area contributed by atoms with Gasteiger partial charge in [0.05, 0.1) is 5.56 Å². The van der Waals surface area contributed by atoms with Crippen LogP contribution in [0.2, 0.25) is 0 Å². The van der Waals surface area contributed by atoms with E-state index in [9.17, 15) is 4.79 Å². The molecule has 0 saturated carbocycles. The maximum absolute atomic E-state index is 12.6. The number of nitrogens with zero attached hydrogens (tertiary/aromatic N) is 3. The molecule has 118 valence electrons. The molecular formula is C15H21N5OS. The standard InChI is InChI=1S/C13H15N5OS.C2H6/c14-16-9-6-7-10-15-12(20)11(13(19)18(10)17-9)8-4-2-1-3-5-8;1-2/h4,6-7,20H,1-3,5,14H2,(H,16,17);1-2H3. The summed E-state index contributed by atoms with van der Waals surface area (Å²) in [5.74, 6) is 5.74. The monoisotopic (exact) mass is 319 g/mol. The van der Waals surface area contributed by atoms with Gasteiger partial charge in [0.25, 0.3) is 5.56 Å². The molecule has 2 heterocycles. The smallest absolute Gasteiger partial charge is 0.283 e. The van der Waals surface area contributed by atoms with Gasteiger partial charge in [0.15, 0.2) is 11.5 Å². The van der Waals surface area contributed by atoms with Crippen LogP contribution in [0.15, 0.2) is 28.0 Å². The van der Waals surface area contributed by atoms with Gasteiger partial charge in [-0.05, 0) is 43.4 Å². The SMILES string of the molecule is CC.NNc1ccc2nc(S)c(C3=CCCCC3)c(=O)n2n1. The minimum atomic E-state index is -0.203. The Labute approximate surface area is 134 Å². The van der Waals surface area contributed by atoms with E-state index in [1.807, 2.05) is 13.8 Å². The molecule has 1 aliphatic rings. The molecule has 7 heteroatoms. The summed E-state index contributed by atoms with van der Waals surface area (Å²) in [6.07, 6.45) is 6.21. The first-order valence-corrected chi connectivity index (χ1v) is 7.94. The molecule has 0 atom stereocenters. The van der Waals surface area contributed by atoms with Crippen molar-refractivity contribution in [3.05, 3.63) is 34.1 Å². The van der Waals surface area contributed by atoms with Gasteiger partial charge in [0.1, 0.15) is 5.03 Å². The van der Waals surface area contributed by atoms with E-state index in [1.54, 1.807) is 12.1 Å². The number of nitrogens with two attached hydrogens (primary N) is 1. The topological polar surface area (TPSA) is 85.3 Å². The lowest BCUT2D eigenvalue weighted by Crippen LogP contribution is -2.24. The lowest BCUT2D eigenvalue weighted by Gasteiger charge is -2.14. The van der Waals surface area contributed by atoms with Crippen LogP contribution in [0.3, 0.4) is 0 Å². The lowest BCUT2D eigenvalue weighted by molar-refractivity contribution is 0.735. The highest BCUT2D eigenvalue weighted by molar-refractivity contribution is 7.80. The molecule has 3 rings (SSSR count). The molecule has 0 fully saturated rings. The second-order valence-corrected chi connectivity index (χ2v) is 5.15. The fourth-order valence-electron chi connectivity index (χ4n) is 2.44. The molecule has 6 nitrogen and oxygen atoms in total. The fourth-order valence-corrected chi connectivity index (χ4v) is 2.78. The Hall–Kier alpha value is -1.86. The number of allylic oxidation sites excluding steroid dienone is 2. The van der Waals surface area contributed by atoms with Crippen molar-refractivity contribution in [2.75, 3.05) is 5.43 Å². The number of hydrogen-bond donors (Lipinski definition) is 3. The quantitative estimate of drug-likeness (QED) is 0.343. The Kier molecular flexibility index (Phi) is 5.57. The average molecular weight is 319 g/mol. The highest BCUT2D eigenvalue weighted by atomic mass is 32.1. The summed E-state index contributed by atoms with van der Waals surface area (Å²) in [7, 11) is 0. The van der Waals surface area contributed by atoms with Crippen molar-refractivity contribution in [2.24, 2.45) is 5.84 Å². The maximum Gasteiger partial charge on any atom is 0.283 e. The molecule has 0 aliphatic heterocycles. The Morgan fingerprint density at radius 2 is 2.09 bits per heavy atom. The predicted molar refractivity (Wildman–Crippen MR) is 92.1 cm³/mol. The molecular weight excluding hydrogens is 298 g/mol. The van der Waals surface area contributed by atoms with Crippen LogP contribution in [0.4, 0.5) is 5.82 Å². The molecule has 3 N–H and O–H groups in total. The Bertz CT molecular complexity index is 753. The van der Waals surface area contributed by atoms with Crippen molar-refractivity contribution < 1.29 is 0 Å². The third kappa shape index (κ3) is 3.15. The third-order valence-electron chi connectivity index (χ3n) is 3.43. The first-order chi connectivity index (χ1) is 10.7. The normalized spacial score (nSPS) is 14.1. The maximum atomic E-state index is 12.6. The van der Waals surface area contributed by atoms with Gasteiger partial charge in [0, 0.05) is 0 Å². The van der Waals surface area contributed by atoms with Crippen LogP contribution < -0.4 is 16.8 Å². The Balaban J connectivity index is 0.000000847. The van der Waals surface area contributed by atoms with Gasteiger partial charge < -0.3 is 5.43 Å². The summed E-state index contributed by atoms with van der Waals surface area (Å²) >= 11 is 4.37. The number of rotatable bonds is 2. The molecule has 0 aromatic carbocycles. The van der Waals surface area contributed by atoms with E-state index in [0.717, 1.165) is 31.3 Å². The van der Waals surface area contributed by atoms with E-state index < -0.39 is 0 Å². The van der Waals surface area contributed by atoms with Crippen molar-refractivity contribution in [2.45, 2.75) is 44.6 Å². The van der Waals surface area contributed by atoms with E-state index in [4.69, 9.17) is 5.84 Å². The molecule has 0 saturated heterocycles. The summed E-state index contributed by atoms with van der Waals surface area (Å²) in [6, 6.07) is 3.34. The Morgan fingerprint density at radius 1 is 1.32 bits per heavy atom. The van der Waals surface area contributed by atoms with Crippen LogP contribution in [0.1, 0.15) is 45.1 Å². The molecule has 0 bridgehead atoms. The zero-order chi connectivity index (χ0) is 16.1. The highest BCUT2D eigenvalue weighted by Crippen LogP contribution is 2.27. The van der Waals surface area contributed by atoms with Gasteiger partial charge in [-0.2, -0.15) is 4.52 Å². The van der Waals surface area contributed by atoms with E-state index in [-0.39, 0.29) is 5.56 Å². The van der Waals surface area contributed by atoms with Gasteiger partial charge in [-0.25, -0.2) is 10.8 Å². The molecule has 22 heavy (non-hydrogen) atoms. The van der Waals surface area contributed by atoms with Crippen LogP contribution in [-0.2, 0) is 0 Å². The lowest BCUT2D eigenvalue weighted by atomic mass is 9.95. The van der Waals surface area contributed by atoms with Gasteiger partial charge >= 0.3 is 0 Å². The number of aromatic nitrogens is 3. The van der Waals surface area contributed by atoms with E-state index in [0.29, 0.717) is 22.1 Å². The third-order valence-corrected chi connectivity index (χ3v) is 3.75. The number of hydrogen-bond acceptors (Lipinski definition) is 6. The first-order valence-electron chi connectivity index (χ1n) is 7.50. The van der Waals surface area contributed by atoms with Crippen LogP contribution >= 0.6 is 12.6 Å². The van der Waals surface area contributed by atoms with Crippen molar-refractivity contribution in [3.63, 3.8) is 0 Å². The molecule has 0 radical (unpaired) electrons. The summed E-state index contributed by atoms with van der Waals surface area (Å²) in [6.45, 7) is 4.00. The summed E-state index contributed by atoms with van der Waals surface area (Å²) in [5, 5.41) is 4.59. The van der Waals surface area contributed by atoms with Gasteiger partial charge in [0.2, 0.25) is 0 Å². The second kappa shape index (κ2) is 7.42. The second-order valence-electron chi connectivity index (χ2n) is 4.72. The minimum absolute atomic E-state index is 0.203. The van der Waals surface area contributed by atoms with Crippen molar-refractivity contribution in [1.82, 2.24) is 14.6 Å². The van der Waals surface area contributed by atoms with Crippen molar-refractivity contribution in [3.8, 4) is 0 Å². The molecule has 2 aromatic heterocycles. The average Bonchev–Trinajstić information content (AvgIpc) is 2.57. The number of hydrazine groups is 1. The van der Waals surface area contributed by atoms with Gasteiger partial charge in [-0.1, -0.05) is 19.9 Å². The zero-order valence-corrected chi connectivity index (χ0v) is 13.7. The summed E-state index contributed by atoms with van der Waals surface area (Å²) in [4.78, 5) is 17.0. The fraction of sp³-hybridized carbons (Fsp3) is 0.400. The minimum Gasteiger partial charge on any atom is -0.307 e. The first kappa shape index (κ1) is 16.5. The molecule has 1 aliphatic carbocycles. The largest absolute Gasteiger partial charge is 0.307 e. The van der Waals surface area contributed by atoms with Gasteiger partial charge in [-0.3, -0.25) is 4.79 Å². The van der Waals surface area contributed by atoms with Crippen LogP contribution in [0, 0.1) is 0 Å². The van der Waals surface area contributed by atoms with Crippen LogP contribution in [-0.4, -0.2) is 14.6 Å². The van der Waals surface area contributed by atoms with Crippen molar-refractivity contribution in [1.29, 1.82) is 0 Å². The molecule has 2 aromatic rings. The zero-order valence-electron chi connectivity index (χ0n) is 12.8. The number of fused-ring (bicyclic) bond motifs is 1. The molecule has 0 unspecified atom stereocenters. The summed E-state index contributed by atoms with van der Waals surface area (Å²) in [5.41, 5.74) is 4.24. The highest BCUT2D eigenvalue weighted by Gasteiger charge is 2.17.